The van der Waals surface area contributed by atoms with Gasteiger partial charge in [-0.3, -0.25) is 4.79 Å². The van der Waals surface area contributed by atoms with E-state index in [4.69, 9.17) is 4.74 Å². The Bertz CT molecular complexity index is 419. The number of ether oxygens (including phenoxy) is 1. The summed E-state index contributed by atoms with van der Waals surface area (Å²) >= 11 is 0. The third-order valence-corrected chi connectivity index (χ3v) is 2.88. The summed E-state index contributed by atoms with van der Waals surface area (Å²) in [7, 11) is 3.37. The summed E-state index contributed by atoms with van der Waals surface area (Å²) in [4.78, 5) is 13.0. The van der Waals surface area contributed by atoms with Crippen molar-refractivity contribution in [2.24, 2.45) is 0 Å². The van der Waals surface area contributed by atoms with E-state index in [-0.39, 0.29) is 11.3 Å². The molecule has 0 aliphatic rings. The van der Waals surface area contributed by atoms with Gasteiger partial charge in [-0.2, -0.15) is 0 Å². The van der Waals surface area contributed by atoms with Crippen LogP contribution in [0.15, 0.2) is 18.2 Å². The number of carbonyl (C=O) groups is 1. The van der Waals surface area contributed by atoms with Gasteiger partial charge in [0.05, 0.1) is 12.8 Å². The number of rotatable bonds is 2. The van der Waals surface area contributed by atoms with Gasteiger partial charge in [-0.25, -0.2) is 0 Å². The molecule has 1 aromatic carbocycles. The SMILES string of the molecule is COc1ccc(C(C)(C)C)cc1N(C)C(C)=O. The molecule has 1 aromatic rings. The number of carbonyl (C=O) groups excluding carboxylic acids is 1. The molecule has 0 aromatic heterocycles. The van der Waals surface area contributed by atoms with Gasteiger partial charge in [0.1, 0.15) is 5.75 Å². The zero-order valence-electron chi connectivity index (χ0n) is 11.5. The van der Waals surface area contributed by atoms with Crippen LogP contribution in [0.5, 0.6) is 5.75 Å². The van der Waals surface area contributed by atoms with Crippen LogP contribution in [0.25, 0.3) is 0 Å². The molecule has 1 amide bonds. The van der Waals surface area contributed by atoms with Crippen LogP contribution in [-0.2, 0) is 10.2 Å². The van der Waals surface area contributed by atoms with Crippen molar-refractivity contribution in [3.63, 3.8) is 0 Å². The van der Waals surface area contributed by atoms with Gasteiger partial charge in [-0.05, 0) is 23.1 Å². The Balaban J connectivity index is 3.29. The third-order valence-electron chi connectivity index (χ3n) is 2.88. The van der Waals surface area contributed by atoms with Gasteiger partial charge < -0.3 is 9.64 Å². The first-order valence-electron chi connectivity index (χ1n) is 5.70. The number of hydrogen-bond donors (Lipinski definition) is 0. The van der Waals surface area contributed by atoms with Crippen molar-refractivity contribution >= 4 is 11.6 Å². The highest BCUT2D eigenvalue weighted by atomic mass is 16.5. The maximum atomic E-state index is 11.4. The summed E-state index contributed by atoms with van der Waals surface area (Å²) in [5, 5.41) is 0. The van der Waals surface area contributed by atoms with Gasteiger partial charge in [0.2, 0.25) is 5.91 Å². The predicted octanol–water partition coefficient (Wildman–Crippen LogP) is 2.98. The fourth-order valence-electron chi connectivity index (χ4n) is 1.59. The first-order valence-corrected chi connectivity index (χ1v) is 5.70. The Morgan fingerprint density at radius 1 is 1.29 bits per heavy atom. The minimum absolute atomic E-state index is 0.00522. The average Bonchev–Trinajstić information content (AvgIpc) is 2.25. The summed E-state index contributed by atoms with van der Waals surface area (Å²) in [5.41, 5.74) is 2.05. The lowest BCUT2D eigenvalue weighted by atomic mass is 9.86. The number of anilines is 1. The van der Waals surface area contributed by atoms with Gasteiger partial charge in [-0.15, -0.1) is 0 Å². The van der Waals surface area contributed by atoms with Crippen molar-refractivity contribution in [2.75, 3.05) is 19.1 Å². The van der Waals surface area contributed by atoms with E-state index in [0.717, 1.165) is 11.4 Å². The number of methoxy groups -OCH3 is 1. The topological polar surface area (TPSA) is 29.5 Å². The number of benzene rings is 1. The summed E-state index contributed by atoms with van der Waals surface area (Å²) in [5.74, 6) is 0.713. The van der Waals surface area contributed by atoms with E-state index in [9.17, 15) is 4.79 Å². The highest BCUT2D eigenvalue weighted by Gasteiger charge is 2.18. The van der Waals surface area contributed by atoms with E-state index in [1.54, 1.807) is 26.0 Å². The first kappa shape index (κ1) is 13.6. The summed E-state index contributed by atoms with van der Waals surface area (Å²) in [6.07, 6.45) is 0. The second-order valence-corrected chi connectivity index (χ2v) is 5.21. The minimum atomic E-state index is -0.00522. The monoisotopic (exact) mass is 235 g/mol. The van der Waals surface area contributed by atoms with Crippen molar-refractivity contribution in [2.45, 2.75) is 33.1 Å². The third kappa shape index (κ3) is 2.99. The first-order chi connectivity index (χ1) is 7.77. The van der Waals surface area contributed by atoms with Crippen LogP contribution in [0.1, 0.15) is 33.3 Å². The van der Waals surface area contributed by atoms with Crippen LogP contribution in [0.4, 0.5) is 5.69 Å². The van der Waals surface area contributed by atoms with Crippen molar-refractivity contribution in [1.29, 1.82) is 0 Å². The van der Waals surface area contributed by atoms with E-state index >= 15 is 0 Å². The molecule has 0 aliphatic carbocycles. The van der Waals surface area contributed by atoms with Gasteiger partial charge in [0, 0.05) is 14.0 Å². The fourth-order valence-corrected chi connectivity index (χ4v) is 1.59. The zero-order chi connectivity index (χ0) is 13.2. The second-order valence-electron chi connectivity index (χ2n) is 5.21. The summed E-state index contributed by atoms with van der Waals surface area (Å²) in [6, 6.07) is 5.96. The molecule has 0 unspecified atom stereocenters. The molecule has 0 atom stereocenters. The van der Waals surface area contributed by atoms with Crippen molar-refractivity contribution in [3.05, 3.63) is 23.8 Å². The molecule has 3 heteroatoms. The fraction of sp³-hybridized carbons (Fsp3) is 0.500. The van der Waals surface area contributed by atoms with Gasteiger partial charge >= 0.3 is 0 Å². The summed E-state index contributed by atoms with van der Waals surface area (Å²) in [6.45, 7) is 7.98. The smallest absolute Gasteiger partial charge is 0.223 e. The molecule has 1 rings (SSSR count). The van der Waals surface area contributed by atoms with Crippen molar-refractivity contribution in [1.82, 2.24) is 0 Å². The number of amides is 1. The highest BCUT2D eigenvalue weighted by Crippen LogP contribution is 2.33. The molecule has 94 valence electrons. The molecule has 0 radical (unpaired) electrons. The Labute approximate surface area is 103 Å². The predicted molar refractivity (Wildman–Crippen MR) is 70.8 cm³/mol. The molecular weight excluding hydrogens is 214 g/mol. The average molecular weight is 235 g/mol. The van der Waals surface area contributed by atoms with Crippen LogP contribution in [-0.4, -0.2) is 20.1 Å². The van der Waals surface area contributed by atoms with Crippen molar-refractivity contribution in [3.8, 4) is 5.75 Å². The maximum Gasteiger partial charge on any atom is 0.223 e. The lowest BCUT2D eigenvalue weighted by Crippen LogP contribution is -2.24. The van der Waals surface area contributed by atoms with E-state index in [0.29, 0.717) is 0 Å². The molecule has 0 bridgehead atoms. The van der Waals surface area contributed by atoms with Crippen LogP contribution >= 0.6 is 0 Å². The van der Waals surface area contributed by atoms with Gasteiger partial charge in [0.15, 0.2) is 0 Å². The van der Waals surface area contributed by atoms with Crippen LogP contribution < -0.4 is 9.64 Å². The molecule has 0 saturated heterocycles. The molecule has 0 N–H and O–H groups in total. The molecule has 17 heavy (non-hydrogen) atoms. The van der Waals surface area contributed by atoms with Crippen molar-refractivity contribution < 1.29 is 9.53 Å². The quantitative estimate of drug-likeness (QED) is 0.788. The van der Waals surface area contributed by atoms with Crippen LogP contribution in [0.3, 0.4) is 0 Å². The minimum Gasteiger partial charge on any atom is -0.495 e. The molecule has 0 saturated carbocycles. The lowest BCUT2D eigenvalue weighted by molar-refractivity contribution is -0.116. The van der Waals surface area contributed by atoms with E-state index in [2.05, 4.69) is 20.8 Å². The second kappa shape index (κ2) is 4.78. The molecular formula is C14H21NO2. The Morgan fingerprint density at radius 2 is 1.88 bits per heavy atom. The highest BCUT2D eigenvalue weighted by molar-refractivity contribution is 5.92. The maximum absolute atomic E-state index is 11.4. The van der Waals surface area contributed by atoms with E-state index < -0.39 is 0 Å². The van der Waals surface area contributed by atoms with E-state index in [1.165, 1.54) is 5.56 Å². The zero-order valence-corrected chi connectivity index (χ0v) is 11.5. The normalized spacial score (nSPS) is 11.2. The Hall–Kier alpha value is -1.51. The molecule has 0 heterocycles. The molecule has 0 aliphatic heterocycles. The largest absolute Gasteiger partial charge is 0.495 e. The molecule has 0 spiro atoms. The Morgan fingerprint density at radius 3 is 2.29 bits per heavy atom. The van der Waals surface area contributed by atoms with Gasteiger partial charge in [-0.1, -0.05) is 26.8 Å². The standard InChI is InChI=1S/C14H21NO2/c1-10(16)15(5)12-9-11(14(2,3)4)7-8-13(12)17-6/h7-9H,1-6H3. The van der Waals surface area contributed by atoms with Crippen LogP contribution in [0, 0.1) is 0 Å². The Kier molecular flexibility index (Phi) is 3.81. The summed E-state index contributed by atoms with van der Waals surface area (Å²) < 4.78 is 5.29. The molecule has 3 nitrogen and oxygen atoms in total. The van der Waals surface area contributed by atoms with E-state index in [1.807, 2.05) is 18.2 Å². The molecule has 0 fully saturated rings. The van der Waals surface area contributed by atoms with Crippen LogP contribution in [0.2, 0.25) is 0 Å². The number of nitrogens with zero attached hydrogens (tertiary/aromatic N) is 1. The number of hydrogen-bond acceptors (Lipinski definition) is 2. The van der Waals surface area contributed by atoms with Gasteiger partial charge in [0.25, 0.3) is 0 Å². The lowest BCUT2D eigenvalue weighted by Gasteiger charge is -2.24.